The highest BCUT2D eigenvalue weighted by Crippen LogP contribution is 2.15. The highest BCUT2D eigenvalue weighted by Gasteiger charge is 2.18. The van der Waals surface area contributed by atoms with E-state index >= 15 is 0 Å². The van der Waals surface area contributed by atoms with Crippen LogP contribution in [0.3, 0.4) is 0 Å². The lowest BCUT2D eigenvalue weighted by Gasteiger charge is -2.15. The Kier molecular flexibility index (Phi) is 6.51. The van der Waals surface area contributed by atoms with Crippen LogP contribution in [-0.4, -0.2) is 38.5 Å². The quantitative estimate of drug-likeness (QED) is 0.338. The monoisotopic (exact) mass is 494 g/mol. The van der Waals surface area contributed by atoms with Crippen molar-refractivity contribution in [3.63, 3.8) is 0 Å². The molecule has 0 aliphatic carbocycles. The Morgan fingerprint density at radius 1 is 1.08 bits per heavy atom. The van der Waals surface area contributed by atoms with Crippen molar-refractivity contribution in [2.75, 3.05) is 13.7 Å². The van der Waals surface area contributed by atoms with Crippen LogP contribution in [0, 0.1) is 12.3 Å². The van der Waals surface area contributed by atoms with Crippen LogP contribution >= 0.6 is 0 Å². The maximum absolute atomic E-state index is 13.5. The number of fused-ring (bicyclic) bond motifs is 2. The van der Waals surface area contributed by atoms with Crippen molar-refractivity contribution in [2.45, 2.75) is 19.9 Å². The van der Waals surface area contributed by atoms with Gasteiger partial charge in [0.2, 0.25) is 0 Å². The summed E-state index contributed by atoms with van der Waals surface area (Å²) in [5.41, 5.74) is 3.35. The fourth-order valence-electron chi connectivity index (χ4n) is 4.31. The van der Waals surface area contributed by atoms with Gasteiger partial charge in [-0.15, -0.1) is 0 Å². The summed E-state index contributed by atoms with van der Waals surface area (Å²) in [5, 5.41) is 12.1. The number of aryl methyl sites for hydroxylation is 1. The van der Waals surface area contributed by atoms with Crippen molar-refractivity contribution in [2.24, 2.45) is 0 Å². The lowest BCUT2D eigenvalue weighted by molar-refractivity contribution is 0.0951. The second-order valence-electron chi connectivity index (χ2n) is 8.75. The second kappa shape index (κ2) is 10.1. The number of pyridine rings is 3. The number of nitrogens with zero attached hydrogens (tertiary/aromatic N) is 4. The van der Waals surface area contributed by atoms with Crippen molar-refractivity contribution < 1.29 is 9.53 Å². The average molecular weight is 495 g/mol. The predicted octanol–water partition coefficient (Wildman–Crippen LogP) is 2.86. The zero-order valence-electron chi connectivity index (χ0n) is 20.6. The molecule has 0 atom stereocenters. The van der Waals surface area contributed by atoms with Crippen LogP contribution in [0.2, 0.25) is 0 Å². The van der Waals surface area contributed by atoms with Crippen LogP contribution in [-0.2, 0) is 13.0 Å². The number of ether oxygens (including phenoxy) is 1. The summed E-state index contributed by atoms with van der Waals surface area (Å²) < 4.78 is 8.25. The Labute approximate surface area is 212 Å². The van der Waals surface area contributed by atoms with Gasteiger partial charge in [-0.05, 0) is 60.4 Å². The molecule has 0 fully saturated rings. The largest absolute Gasteiger partial charge is 0.497 e. The number of rotatable bonds is 7. The van der Waals surface area contributed by atoms with Crippen LogP contribution in [0.4, 0.5) is 0 Å². The molecule has 4 heterocycles. The van der Waals surface area contributed by atoms with Crippen molar-refractivity contribution in [3.8, 4) is 5.75 Å². The molecule has 0 saturated carbocycles. The van der Waals surface area contributed by atoms with Gasteiger partial charge < -0.3 is 14.6 Å². The maximum atomic E-state index is 13.5. The molecule has 9 nitrogen and oxygen atoms in total. The highest BCUT2D eigenvalue weighted by atomic mass is 16.5. The average Bonchev–Trinajstić information content (AvgIpc) is 2.92. The van der Waals surface area contributed by atoms with Crippen LogP contribution in [0.15, 0.2) is 78.0 Å². The first-order chi connectivity index (χ1) is 18.0. The van der Waals surface area contributed by atoms with Crippen molar-refractivity contribution in [3.05, 3.63) is 111 Å². The number of methoxy groups -OCH3 is 1. The van der Waals surface area contributed by atoms with E-state index in [1.54, 1.807) is 42.4 Å². The van der Waals surface area contributed by atoms with E-state index in [1.165, 1.54) is 10.5 Å². The number of hydrogen-bond acceptors (Lipinski definition) is 6. The minimum atomic E-state index is -0.422. The molecule has 0 unspecified atom stereocenters. The second-order valence-corrected chi connectivity index (χ2v) is 8.75. The molecule has 4 aromatic heterocycles. The summed E-state index contributed by atoms with van der Waals surface area (Å²) in [6, 6.07) is 16.5. The van der Waals surface area contributed by atoms with Gasteiger partial charge in [-0.3, -0.25) is 24.4 Å². The maximum Gasteiger partial charge on any atom is 0.267 e. The SMILES string of the molecule is COc1ccc(CCNC(=O)c2cc3c(=O)n4cccc(C)c4nc3n(Cc3cccnc3)c2=N)cc1. The van der Waals surface area contributed by atoms with Gasteiger partial charge in [-0.25, -0.2) is 4.98 Å². The number of carbonyl (C=O) groups excluding carboxylic acids is 1. The highest BCUT2D eigenvalue weighted by molar-refractivity contribution is 5.96. The van der Waals surface area contributed by atoms with Gasteiger partial charge in [-0.2, -0.15) is 0 Å². The summed E-state index contributed by atoms with van der Waals surface area (Å²) >= 11 is 0. The van der Waals surface area contributed by atoms with Crippen LogP contribution < -0.4 is 21.1 Å². The summed E-state index contributed by atoms with van der Waals surface area (Å²) in [6.07, 6.45) is 5.63. The van der Waals surface area contributed by atoms with E-state index in [1.807, 2.05) is 43.3 Å². The van der Waals surface area contributed by atoms with Crippen LogP contribution in [0.1, 0.15) is 27.0 Å². The first-order valence-corrected chi connectivity index (χ1v) is 11.9. The number of nitrogens with one attached hydrogen (secondary N) is 2. The zero-order chi connectivity index (χ0) is 25.9. The van der Waals surface area contributed by atoms with E-state index in [0.717, 1.165) is 22.4 Å². The smallest absolute Gasteiger partial charge is 0.267 e. The van der Waals surface area contributed by atoms with Crippen molar-refractivity contribution in [1.82, 2.24) is 24.3 Å². The molecule has 0 spiro atoms. The molecular weight excluding hydrogens is 468 g/mol. The number of amides is 1. The van der Waals surface area contributed by atoms with E-state index in [4.69, 9.17) is 15.1 Å². The number of hydrogen-bond donors (Lipinski definition) is 2. The zero-order valence-corrected chi connectivity index (χ0v) is 20.6. The number of carbonyl (C=O) groups is 1. The van der Waals surface area contributed by atoms with Gasteiger partial charge in [0.05, 0.1) is 24.6 Å². The van der Waals surface area contributed by atoms with E-state index in [0.29, 0.717) is 24.3 Å². The Bertz CT molecular complexity index is 1720. The topological polar surface area (TPSA) is 114 Å². The van der Waals surface area contributed by atoms with Gasteiger partial charge in [0.15, 0.2) is 0 Å². The van der Waals surface area contributed by atoms with Crippen molar-refractivity contribution >= 4 is 22.6 Å². The molecule has 9 heteroatoms. The minimum Gasteiger partial charge on any atom is -0.497 e. The fraction of sp³-hybridized carbons (Fsp3) is 0.179. The summed E-state index contributed by atoms with van der Waals surface area (Å²) in [6.45, 7) is 2.50. The molecule has 1 amide bonds. The first-order valence-electron chi connectivity index (χ1n) is 11.9. The van der Waals surface area contributed by atoms with Crippen LogP contribution in [0.25, 0.3) is 16.7 Å². The molecule has 0 radical (unpaired) electrons. The standard InChI is InChI=1S/C28H26N6O3/c1-18-5-4-14-33-25(18)32-26-23(28(33)36)15-22(24(29)34(26)17-20-6-3-12-30-16-20)27(35)31-13-11-19-7-9-21(37-2)10-8-19/h3-10,12,14-16,29H,11,13,17H2,1-2H3,(H,31,35). The molecule has 5 aromatic rings. The molecule has 186 valence electrons. The summed E-state index contributed by atoms with van der Waals surface area (Å²) in [7, 11) is 1.61. The Morgan fingerprint density at radius 2 is 1.89 bits per heavy atom. The van der Waals surface area contributed by atoms with Gasteiger partial charge >= 0.3 is 0 Å². The van der Waals surface area contributed by atoms with E-state index in [9.17, 15) is 9.59 Å². The van der Waals surface area contributed by atoms with Gasteiger partial charge in [0.1, 0.15) is 22.5 Å². The molecule has 2 N–H and O–H groups in total. The third kappa shape index (κ3) is 4.71. The molecule has 37 heavy (non-hydrogen) atoms. The Balaban J connectivity index is 1.56. The number of aromatic nitrogens is 4. The molecule has 0 bridgehead atoms. The van der Waals surface area contributed by atoms with Gasteiger partial charge in [0.25, 0.3) is 11.5 Å². The van der Waals surface area contributed by atoms with Gasteiger partial charge in [0, 0.05) is 25.1 Å². The van der Waals surface area contributed by atoms with Crippen molar-refractivity contribution in [1.29, 1.82) is 5.41 Å². The molecule has 0 aliphatic heterocycles. The lowest BCUT2D eigenvalue weighted by atomic mass is 10.1. The molecular formula is C28H26N6O3. The predicted molar refractivity (Wildman–Crippen MR) is 140 cm³/mol. The van der Waals surface area contributed by atoms with E-state index < -0.39 is 5.91 Å². The summed E-state index contributed by atoms with van der Waals surface area (Å²) in [5.74, 6) is 0.345. The minimum absolute atomic E-state index is 0.0249. The molecule has 5 rings (SSSR count). The molecule has 1 aromatic carbocycles. The first kappa shape index (κ1) is 23.9. The lowest BCUT2D eigenvalue weighted by Crippen LogP contribution is -2.36. The summed E-state index contributed by atoms with van der Waals surface area (Å²) in [4.78, 5) is 35.6. The molecule has 0 aliphatic rings. The Morgan fingerprint density at radius 3 is 2.62 bits per heavy atom. The fourth-order valence-corrected chi connectivity index (χ4v) is 4.31. The van der Waals surface area contributed by atoms with E-state index in [2.05, 4.69) is 10.3 Å². The molecule has 0 saturated heterocycles. The number of benzene rings is 1. The van der Waals surface area contributed by atoms with Gasteiger partial charge in [-0.1, -0.05) is 24.3 Å². The third-order valence-corrected chi connectivity index (χ3v) is 6.30. The third-order valence-electron chi connectivity index (χ3n) is 6.30. The Hall–Kier alpha value is -4.79. The normalized spacial score (nSPS) is 11.1. The van der Waals surface area contributed by atoms with Crippen LogP contribution in [0.5, 0.6) is 5.75 Å². The van der Waals surface area contributed by atoms with E-state index in [-0.39, 0.29) is 28.5 Å².